The molecule has 1 aromatic carbocycles. The number of nitrogens with one attached hydrogen (secondary N) is 1. The number of hydrogen-bond donors (Lipinski definition) is 2. The minimum Gasteiger partial charge on any atom is -0.495 e. The molecular formula is C14H19ClN2O3. The minimum atomic E-state index is -0.0458. The number of amides is 1. The summed E-state index contributed by atoms with van der Waals surface area (Å²) in [5.41, 5.74) is 6.38. The van der Waals surface area contributed by atoms with Crippen LogP contribution in [0.4, 0.5) is 5.69 Å². The predicted molar refractivity (Wildman–Crippen MR) is 78.5 cm³/mol. The van der Waals surface area contributed by atoms with Gasteiger partial charge in [-0.2, -0.15) is 0 Å². The van der Waals surface area contributed by atoms with Crippen molar-refractivity contribution < 1.29 is 14.3 Å². The van der Waals surface area contributed by atoms with Gasteiger partial charge < -0.3 is 20.5 Å². The Bertz CT molecular complexity index is 507. The van der Waals surface area contributed by atoms with Crippen LogP contribution in [-0.4, -0.2) is 26.2 Å². The number of nitrogens with two attached hydrogens (primary N) is 1. The van der Waals surface area contributed by atoms with Gasteiger partial charge in [-0.1, -0.05) is 11.6 Å². The van der Waals surface area contributed by atoms with Crippen molar-refractivity contribution in [3.05, 3.63) is 17.2 Å². The monoisotopic (exact) mass is 298 g/mol. The lowest BCUT2D eigenvalue weighted by atomic mass is 10.1. The molecule has 1 aliphatic rings. The highest BCUT2D eigenvalue weighted by Crippen LogP contribution is 2.36. The second kappa shape index (κ2) is 6.33. The van der Waals surface area contributed by atoms with Crippen molar-refractivity contribution in [1.29, 1.82) is 0 Å². The van der Waals surface area contributed by atoms with Gasteiger partial charge in [0.15, 0.2) is 0 Å². The molecule has 0 spiro atoms. The van der Waals surface area contributed by atoms with Crippen LogP contribution in [0.2, 0.25) is 5.02 Å². The molecule has 1 saturated carbocycles. The lowest BCUT2D eigenvalue weighted by Gasteiger charge is -2.15. The van der Waals surface area contributed by atoms with Crippen LogP contribution in [0.5, 0.6) is 11.5 Å². The second-order valence-corrected chi connectivity index (χ2v) is 5.35. The Morgan fingerprint density at radius 2 is 2.00 bits per heavy atom. The number of carbonyl (C=O) groups is 1. The Labute approximate surface area is 123 Å². The summed E-state index contributed by atoms with van der Waals surface area (Å²) in [5.74, 6) is 0.930. The topological polar surface area (TPSA) is 73.6 Å². The van der Waals surface area contributed by atoms with E-state index in [9.17, 15) is 4.79 Å². The first-order chi connectivity index (χ1) is 9.55. The van der Waals surface area contributed by atoms with Crippen LogP contribution < -0.4 is 20.5 Å². The van der Waals surface area contributed by atoms with Crippen molar-refractivity contribution in [2.24, 2.45) is 11.7 Å². The number of anilines is 1. The Balaban J connectivity index is 2.16. The molecule has 2 rings (SSSR count). The van der Waals surface area contributed by atoms with Crippen molar-refractivity contribution in [3.63, 3.8) is 0 Å². The molecule has 3 N–H and O–H groups in total. The maximum absolute atomic E-state index is 12.2. The smallest absolute Gasteiger partial charge is 0.227 e. The van der Waals surface area contributed by atoms with Crippen molar-refractivity contribution in [1.82, 2.24) is 0 Å². The predicted octanol–water partition coefficient (Wildman–Crippen LogP) is 2.42. The Kier molecular flexibility index (Phi) is 4.73. The number of halogens is 1. The van der Waals surface area contributed by atoms with Crippen LogP contribution in [0.1, 0.15) is 19.3 Å². The maximum Gasteiger partial charge on any atom is 0.227 e. The Morgan fingerprint density at radius 3 is 2.55 bits per heavy atom. The quantitative estimate of drug-likeness (QED) is 0.895. The van der Waals surface area contributed by atoms with Crippen LogP contribution in [0.15, 0.2) is 12.1 Å². The van der Waals surface area contributed by atoms with Gasteiger partial charge >= 0.3 is 0 Å². The molecule has 0 heterocycles. The molecule has 0 bridgehead atoms. The standard InChI is InChI=1S/C14H19ClN2O3/c1-19-12-7-13(20-2)11(6-10(12)15)17-14(18)8-3-4-9(16)5-8/h6-9H,3-5,16H2,1-2H3,(H,17,18). The highest BCUT2D eigenvalue weighted by molar-refractivity contribution is 6.32. The van der Waals surface area contributed by atoms with Gasteiger partial charge in [-0.25, -0.2) is 0 Å². The van der Waals surface area contributed by atoms with Crippen LogP contribution in [0, 0.1) is 5.92 Å². The number of ether oxygens (including phenoxy) is 2. The molecule has 0 aliphatic heterocycles. The number of benzene rings is 1. The van der Waals surface area contributed by atoms with Gasteiger partial charge in [0.25, 0.3) is 0 Å². The third kappa shape index (κ3) is 3.16. The molecule has 2 atom stereocenters. The summed E-state index contributed by atoms with van der Waals surface area (Å²) in [5, 5.41) is 3.28. The molecule has 1 aliphatic carbocycles. The summed E-state index contributed by atoms with van der Waals surface area (Å²) in [6, 6.07) is 3.40. The summed E-state index contributed by atoms with van der Waals surface area (Å²) >= 11 is 6.07. The molecule has 110 valence electrons. The highest BCUT2D eigenvalue weighted by Gasteiger charge is 2.28. The normalized spacial score (nSPS) is 21.6. The second-order valence-electron chi connectivity index (χ2n) is 4.95. The van der Waals surface area contributed by atoms with E-state index in [1.807, 2.05) is 0 Å². The first-order valence-electron chi connectivity index (χ1n) is 6.53. The molecule has 20 heavy (non-hydrogen) atoms. The van der Waals surface area contributed by atoms with Gasteiger partial charge in [0.2, 0.25) is 5.91 Å². The average Bonchev–Trinajstić information content (AvgIpc) is 2.86. The number of hydrogen-bond acceptors (Lipinski definition) is 4. The van der Waals surface area contributed by atoms with Gasteiger partial charge in [0, 0.05) is 18.0 Å². The zero-order valence-electron chi connectivity index (χ0n) is 11.6. The molecule has 1 amide bonds. The highest BCUT2D eigenvalue weighted by atomic mass is 35.5. The van der Waals surface area contributed by atoms with Gasteiger partial charge in [0.05, 0.1) is 24.9 Å². The Morgan fingerprint density at radius 1 is 1.30 bits per heavy atom. The van der Waals surface area contributed by atoms with E-state index in [0.717, 1.165) is 19.3 Å². The summed E-state index contributed by atoms with van der Waals surface area (Å²) < 4.78 is 10.4. The van der Waals surface area contributed by atoms with Crippen LogP contribution in [-0.2, 0) is 4.79 Å². The van der Waals surface area contributed by atoms with E-state index in [4.69, 9.17) is 26.8 Å². The summed E-state index contributed by atoms with van der Waals surface area (Å²) in [6.45, 7) is 0. The summed E-state index contributed by atoms with van der Waals surface area (Å²) in [7, 11) is 3.06. The molecule has 0 saturated heterocycles. The first-order valence-corrected chi connectivity index (χ1v) is 6.91. The van der Waals surface area contributed by atoms with Crippen LogP contribution in [0.25, 0.3) is 0 Å². The van der Waals surface area contributed by atoms with Gasteiger partial charge in [-0.15, -0.1) is 0 Å². The molecule has 0 radical (unpaired) electrons. The fourth-order valence-electron chi connectivity index (χ4n) is 2.45. The van der Waals surface area contributed by atoms with Crippen molar-refractivity contribution >= 4 is 23.2 Å². The maximum atomic E-state index is 12.2. The van der Waals surface area contributed by atoms with Crippen LogP contribution in [0.3, 0.4) is 0 Å². The SMILES string of the molecule is COc1cc(OC)c(NC(=O)C2CCC(N)C2)cc1Cl. The van der Waals surface area contributed by atoms with Crippen molar-refractivity contribution in [3.8, 4) is 11.5 Å². The van der Waals surface area contributed by atoms with Crippen molar-refractivity contribution in [2.75, 3.05) is 19.5 Å². The van der Waals surface area contributed by atoms with E-state index in [-0.39, 0.29) is 17.9 Å². The third-order valence-corrected chi connectivity index (χ3v) is 3.87. The van der Waals surface area contributed by atoms with E-state index < -0.39 is 0 Å². The molecular weight excluding hydrogens is 280 g/mol. The van der Waals surface area contributed by atoms with Gasteiger partial charge in [0.1, 0.15) is 11.5 Å². The lowest BCUT2D eigenvalue weighted by molar-refractivity contribution is -0.119. The minimum absolute atomic E-state index is 0.0440. The molecule has 6 heteroatoms. The summed E-state index contributed by atoms with van der Waals surface area (Å²) in [4.78, 5) is 12.2. The van der Waals surface area contributed by atoms with Crippen LogP contribution >= 0.6 is 11.6 Å². The average molecular weight is 299 g/mol. The largest absolute Gasteiger partial charge is 0.495 e. The number of rotatable bonds is 4. The fourth-order valence-corrected chi connectivity index (χ4v) is 2.69. The van der Waals surface area contributed by atoms with E-state index in [1.165, 1.54) is 14.2 Å². The lowest BCUT2D eigenvalue weighted by Crippen LogP contribution is -2.23. The van der Waals surface area contributed by atoms with E-state index in [2.05, 4.69) is 5.32 Å². The molecule has 5 nitrogen and oxygen atoms in total. The van der Waals surface area contributed by atoms with Crippen molar-refractivity contribution in [2.45, 2.75) is 25.3 Å². The number of carbonyl (C=O) groups excluding carboxylic acids is 1. The van der Waals surface area contributed by atoms with Gasteiger partial charge in [-0.05, 0) is 25.3 Å². The number of methoxy groups -OCH3 is 2. The summed E-state index contributed by atoms with van der Waals surface area (Å²) in [6.07, 6.45) is 2.43. The zero-order valence-corrected chi connectivity index (χ0v) is 12.4. The zero-order chi connectivity index (χ0) is 14.7. The fraction of sp³-hybridized carbons (Fsp3) is 0.500. The van der Waals surface area contributed by atoms with E-state index in [1.54, 1.807) is 12.1 Å². The molecule has 2 unspecified atom stereocenters. The van der Waals surface area contributed by atoms with E-state index in [0.29, 0.717) is 22.2 Å². The molecule has 1 fully saturated rings. The molecule has 0 aromatic heterocycles. The first kappa shape index (κ1) is 14.9. The van der Waals surface area contributed by atoms with E-state index >= 15 is 0 Å². The molecule has 1 aromatic rings. The third-order valence-electron chi connectivity index (χ3n) is 3.58. The Hall–Kier alpha value is -1.46. The van der Waals surface area contributed by atoms with Gasteiger partial charge in [-0.3, -0.25) is 4.79 Å².